The fraction of sp³-hybridized carbons (Fsp3) is 0.462. The molecule has 80 valence electrons. The summed E-state index contributed by atoms with van der Waals surface area (Å²) in [6.45, 7) is 3.23. The maximum absolute atomic E-state index is 10.4. The molecule has 1 heterocycles. The van der Waals surface area contributed by atoms with Crippen LogP contribution in [0.2, 0.25) is 0 Å². The number of hydrogen-bond donors (Lipinski definition) is 0. The van der Waals surface area contributed by atoms with E-state index in [1.165, 1.54) is 12.0 Å². The monoisotopic (exact) mass is 203 g/mol. The molecule has 0 spiro atoms. The molecule has 2 nitrogen and oxygen atoms in total. The summed E-state index contributed by atoms with van der Waals surface area (Å²) >= 11 is 0. The molecule has 0 unspecified atom stereocenters. The molecule has 15 heavy (non-hydrogen) atoms. The largest absolute Gasteiger partial charge is 0.303 e. The van der Waals surface area contributed by atoms with Gasteiger partial charge in [0.15, 0.2) is 0 Å². The molecule has 1 aliphatic rings. The Morgan fingerprint density at radius 1 is 1.33 bits per heavy atom. The van der Waals surface area contributed by atoms with Crippen molar-refractivity contribution in [2.24, 2.45) is 5.92 Å². The van der Waals surface area contributed by atoms with Crippen LogP contribution in [0.4, 0.5) is 0 Å². The third kappa shape index (κ3) is 2.90. The maximum atomic E-state index is 10.4. The Kier molecular flexibility index (Phi) is 3.51. The van der Waals surface area contributed by atoms with Gasteiger partial charge >= 0.3 is 0 Å². The van der Waals surface area contributed by atoms with Gasteiger partial charge in [0.1, 0.15) is 6.29 Å². The molecular weight excluding hydrogens is 186 g/mol. The van der Waals surface area contributed by atoms with Gasteiger partial charge in [0.05, 0.1) is 0 Å². The zero-order valence-corrected chi connectivity index (χ0v) is 8.93. The van der Waals surface area contributed by atoms with E-state index in [-0.39, 0.29) is 0 Å². The van der Waals surface area contributed by atoms with Crippen molar-refractivity contribution in [2.75, 3.05) is 13.1 Å². The SMILES string of the molecule is O=CC[C@@H]1CCN(Cc2ccccc2)C1. The zero-order valence-electron chi connectivity index (χ0n) is 8.93. The highest BCUT2D eigenvalue weighted by Crippen LogP contribution is 2.20. The van der Waals surface area contributed by atoms with Gasteiger partial charge in [-0.15, -0.1) is 0 Å². The van der Waals surface area contributed by atoms with Gasteiger partial charge in [-0.2, -0.15) is 0 Å². The van der Waals surface area contributed by atoms with Crippen LogP contribution in [-0.4, -0.2) is 24.3 Å². The standard InChI is InChI=1S/C13H17NO/c15-9-7-13-6-8-14(11-13)10-12-4-2-1-3-5-12/h1-5,9,13H,6-8,10-11H2/t13-/m0/s1. The first-order valence-electron chi connectivity index (χ1n) is 5.58. The number of aldehydes is 1. The van der Waals surface area contributed by atoms with Gasteiger partial charge in [0, 0.05) is 19.5 Å². The highest BCUT2D eigenvalue weighted by Gasteiger charge is 2.21. The van der Waals surface area contributed by atoms with Crippen LogP contribution in [-0.2, 0) is 11.3 Å². The molecule has 0 N–H and O–H groups in total. The molecule has 1 aliphatic heterocycles. The van der Waals surface area contributed by atoms with Gasteiger partial charge in [-0.05, 0) is 24.4 Å². The lowest BCUT2D eigenvalue weighted by Gasteiger charge is -2.15. The predicted octanol–water partition coefficient (Wildman–Crippen LogP) is 2.10. The Morgan fingerprint density at radius 3 is 2.87 bits per heavy atom. The molecule has 0 aromatic heterocycles. The summed E-state index contributed by atoms with van der Waals surface area (Å²) in [5.74, 6) is 0.589. The van der Waals surface area contributed by atoms with E-state index in [1.807, 2.05) is 6.07 Å². The molecule has 1 aromatic carbocycles. The van der Waals surface area contributed by atoms with Crippen molar-refractivity contribution >= 4 is 6.29 Å². The van der Waals surface area contributed by atoms with Crippen molar-refractivity contribution in [3.63, 3.8) is 0 Å². The van der Waals surface area contributed by atoms with E-state index in [4.69, 9.17) is 0 Å². The summed E-state index contributed by atoms with van der Waals surface area (Å²) < 4.78 is 0. The number of carbonyl (C=O) groups excluding carboxylic acids is 1. The highest BCUT2D eigenvalue weighted by atomic mass is 16.1. The summed E-state index contributed by atoms with van der Waals surface area (Å²) in [6, 6.07) is 10.5. The van der Waals surface area contributed by atoms with E-state index >= 15 is 0 Å². The smallest absolute Gasteiger partial charge is 0.120 e. The second-order valence-electron chi connectivity index (χ2n) is 4.28. The molecule has 0 saturated carbocycles. The quantitative estimate of drug-likeness (QED) is 0.698. The van der Waals surface area contributed by atoms with Gasteiger partial charge < -0.3 is 4.79 Å². The molecule has 0 bridgehead atoms. The second kappa shape index (κ2) is 5.08. The van der Waals surface area contributed by atoms with Crippen molar-refractivity contribution < 1.29 is 4.79 Å². The summed E-state index contributed by atoms with van der Waals surface area (Å²) in [5.41, 5.74) is 1.37. The Bertz CT molecular complexity index is 310. The first-order valence-corrected chi connectivity index (χ1v) is 5.58. The van der Waals surface area contributed by atoms with E-state index in [9.17, 15) is 4.79 Å². The van der Waals surface area contributed by atoms with Crippen LogP contribution in [0.25, 0.3) is 0 Å². The minimum absolute atomic E-state index is 0.589. The number of rotatable bonds is 4. The van der Waals surface area contributed by atoms with E-state index < -0.39 is 0 Å². The van der Waals surface area contributed by atoms with Crippen LogP contribution in [0, 0.1) is 5.92 Å². The Labute approximate surface area is 90.9 Å². The molecule has 2 rings (SSSR count). The van der Waals surface area contributed by atoms with Gasteiger partial charge in [-0.25, -0.2) is 0 Å². The summed E-state index contributed by atoms with van der Waals surface area (Å²) in [4.78, 5) is 12.8. The molecule has 0 radical (unpaired) electrons. The first-order chi connectivity index (χ1) is 7.38. The van der Waals surface area contributed by atoms with Crippen molar-refractivity contribution in [1.82, 2.24) is 4.90 Å². The Balaban J connectivity index is 1.85. The van der Waals surface area contributed by atoms with E-state index in [1.54, 1.807) is 0 Å². The Hall–Kier alpha value is -1.15. The maximum Gasteiger partial charge on any atom is 0.120 e. The fourth-order valence-corrected chi connectivity index (χ4v) is 2.23. The topological polar surface area (TPSA) is 20.3 Å². The molecule has 1 aromatic rings. The van der Waals surface area contributed by atoms with Crippen molar-refractivity contribution in [2.45, 2.75) is 19.4 Å². The molecular formula is C13H17NO. The number of carbonyl (C=O) groups is 1. The molecule has 0 aliphatic carbocycles. The van der Waals surface area contributed by atoms with Gasteiger partial charge in [-0.3, -0.25) is 4.90 Å². The van der Waals surface area contributed by atoms with Crippen LogP contribution in [0.15, 0.2) is 30.3 Å². The van der Waals surface area contributed by atoms with Crippen LogP contribution in [0.1, 0.15) is 18.4 Å². The lowest BCUT2D eigenvalue weighted by molar-refractivity contribution is -0.108. The third-order valence-electron chi connectivity index (χ3n) is 3.05. The lowest BCUT2D eigenvalue weighted by Crippen LogP contribution is -2.20. The molecule has 2 heteroatoms. The minimum atomic E-state index is 0.589. The van der Waals surface area contributed by atoms with Gasteiger partial charge in [-0.1, -0.05) is 30.3 Å². The average Bonchev–Trinajstić information content (AvgIpc) is 2.68. The normalized spacial score (nSPS) is 21.7. The first kappa shape index (κ1) is 10.4. The molecule has 1 fully saturated rings. The van der Waals surface area contributed by atoms with Crippen LogP contribution < -0.4 is 0 Å². The number of nitrogens with zero attached hydrogens (tertiary/aromatic N) is 1. The molecule has 1 atom stereocenters. The number of benzene rings is 1. The summed E-state index contributed by atoms with van der Waals surface area (Å²) in [5, 5.41) is 0. The number of likely N-dealkylation sites (tertiary alicyclic amines) is 1. The Morgan fingerprint density at radius 2 is 2.13 bits per heavy atom. The van der Waals surface area contributed by atoms with E-state index in [2.05, 4.69) is 29.2 Å². The minimum Gasteiger partial charge on any atom is -0.303 e. The van der Waals surface area contributed by atoms with Crippen molar-refractivity contribution in [3.05, 3.63) is 35.9 Å². The van der Waals surface area contributed by atoms with Gasteiger partial charge in [0.2, 0.25) is 0 Å². The van der Waals surface area contributed by atoms with Crippen molar-refractivity contribution in [1.29, 1.82) is 0 Å². The third-order valence-corrected chi connectivity index (χ3v) is 3.05. The summed E-state index contributed by atoms with van der Waals surface area (Å²) in [6.07, 6.45) is 2.95. The molecule has 1 saturated heterocycles. The molecule has 0 amide bonds. The highest BCUT2D eigenvalue weighted by molar-refractivity contribution is 5.49. The second-order valence-corrected chi connectivity index (χ2v) is 4.28. The van der Waals surface area contributed by atoms with Crippen LogP contribution >= 0.6 is 0 Å². The zero-order chi connectivity index (χ0) is 10.5. The van der Waals surface area contributed by atoms with Crippen LogP contribution in [0.3, 0.4) is 0 Å². The number of hydrogen-bond acceptors (Lipinski definition) is 2. The van der Waals surface area contributed by atoms with Gasteiger partial charge in [0.25, 0.3) is 0 Å². The van der Waals surface area contributed by atoms with E-state index in [0.717, 1.165) is 32.3 Å². The van der Waals surface area contributed by atoms with E-state index in [0.29, 0.717) is 5.92 Å². The summed E-state index contributed by atoms with van der Waals surface area (Å²) in [7, 11) is 0. The average molecular weight is 203 g/mol. The fourth-order valence-electron chi connectivity index (χ4n) is 2.23. The lowest BCUT2D eigenvalue weighted by atomic mass is 10.1. The van der Waals surface area contributed by atoms with Crippen molar-refractivity contribution in [3.8, 4) is 0 Å². The predicted molar refractivity (Wildman–Crippen MR) is 60.5 cm³/mol. The van der Waals surface area contributed by atoms with Crippen LogP contribution in [0.5, 0.6) is 0 Å².